The summed E-state index contributed by atoms with van der Waals surface area (Å²) >= 11 is 0. The van der Waals surface area contributed by atoms with Gasteiger partial charge >= 0.3 is 0 Å². The van der Waals surface area contributed by atoms with Gasteiger partial charge in [0, 0.05) is 132 Å². The topological polar surface area (TPSA) is 183 Å². The van der Waals surface area contributed by atoms with Crippen LogP contribution in [0, 0.1) is 0 Å². The molecule has 0 saturated carbocycles. The number of fused-ring (bicyclic) bond motifs is 18. The smallest absolute Gasteiger partial charge is 0.165 e. The van der Waals surface area contributed by atoms with Crippen LogP contribution >= 0.6 is 0 Å². The minimum Gasteiger partial charge on any atom is -0.456 e. The Morgan fingerprint density at radius 2 is 0.373 bits per heavy atom. The molecule has 702 valence electrons. The molecule has 0 unspecified atom stereocenters. The molecular formula is C134H83N13O3. The molecule has 30 aromatic rings. The van der Waals surface area contributed by atoms with Crippen LogP contribution in [0.25, 0.3) is 284 Å². The number of nitrogens with zero attached hydrogens (tertiary/aromatic N) is 13. The molecule has 0 radical (unpaired) electrons. The third-order valence-corrected chi connectivity index (χ3v) is 28.2. The third-order valence-electron chi connectivity index (χ3n) is 28.2. The lowest BCUT2D eigenvalue weighted by Gasteiger charge is -2.12. The molecule has 0 bridgehead atoms. The van der Waals surface area contributed by atoms with Crippen LogP contribution in [0.2, 0.25) is 0 Å². The Labute approximate surface area is 858 Å². The van der Waals surface area contributed by atoms with Crippen molar-refractivity contribution in [2.24, 2.45) is 0 Å². The molecule has 16 nitrogen and oxygen atoms in total. The van der Waals surface area contributed by atoms with E-state index in [-0.39, 0.29) is 0 Å². The van der Waals surface area contributed by atoms with Crippen molar-refractivity contribution in [3.05, 3.63) is 504 Å². The monoisotopic (exact) mass is 1920 g/mol. The van der Waals surface area contributed by atoms with E-state index in [1.807, 2.05) is 243 Å². The standard InChI is InChI=1S/2C45H28N4O.C44H27N5O/c1-3-12-29(13-4-1)43-46-44(30-14-5-2-6-15-30)48-45(47-43)33-16-11-17-34(26-33)49-39-20-9-7-18-35(39)38-27-31(23-25-40(38)49)32-22-24-37-36-19-8-10-21-41(36)50-42(37)28-32;1-3-11-29(12-4-1)43-46-44(30-13-5-2-6-14-30)48-45(47-43)31-19-23-34(24-20-31)49-39-17-9-7-15-35(39)38-27-32(22-26-40(38)49)33-21-25-37-36-16-8-10-18-41(36)50-42(37)28-33;1-3-11-28(12-4-1)42-46-43(29-13-5-2-6-14-29)48-44(47-42)32-21-24-41(45-27-32)49-37-17-9-7-15-33(37)36-25-30(20-23-38(36)49)31-19-22-35-34-16-8-10-18-39(34)50-40(35)26-31/h2*1-28H;1-27H. The van der Waals surface area contributed by atoms with Gasteiger partial charge < -0.3 is 22.4 Å². The molecule has 0 amide bonds. The normalized spacial score (nSPS) is 11.6. The minimum absolute atomic E-state index is 0.574. The summed E-state index contributed by atoms with van der Waals surface area (Å²) < 4.78 is 25.5. The van der Waals surface area contributed by atoms with E-state index in [2.05, 4.69) is 275 Å². The Hall–Kier alpha value is -20.6. The van der Waals surface area contributed by atoms with Gasteiger partial charge in [0.1, 0.15) is 39.3 Å². The van der Waals surface area contributed by atoms with Gasteiger partial charge in [-0.1, -0.05) is 340 Å². The van der Waals surface area contributed by atoms with E-state index in [4.69, 9.17) is 63.1 Å². The summed E-state index contributed by atoms with van der Waals surface area (Å²) in [6, 6.07) is 171. The first-order chi connectivity index (χ1) is 74.3. The zero-order valence-corrected chi connectivity index (χ0v) is 80.5. The summed E-state index contributed by atoms with van der Waals surface area (Å²) in [5, 5.41) is 13.9. The van der Waals surface area contributed by atoms with Gasteiger partial charge in [0.15, 0.2) is 52.4 Å². The van der Waals surface area contributed by atoms with Crippen molar-refractivity contribution in [2.75, 3.05) is 0 Å². The highest BCUT2D eigenvalue weighted by Crippen LogP contribution is 2.45. The van der Waals surface area contributed by atoms with Crippen LogP contribution < -0.4 is 0 Å². The maximum absolute atomic E-state index is 6.23. The van der Waals surface area contributed by atoms with Gasteiger partial charge in [0.2, 0.25) is 0 Å². The first kappa shape index (κ1) is 87.2. The van der Waals surface area contributed by atoms with Gasteiger partial charge in [-0.25, -0.2) is 49.8 Å². The van der Waals surface area contributed by atoms with E-state index < -0.39 is 0 Å². The summed E-state index contributed by atoms with van der Waals surface area (Å²) in [6.07, 6.45) is 1.85. The predicted molar refractivity (Wildman–Crippen MR) is 607 cm³/mol. The van der Waals surface area contributed by atoms with Gasteiger partial charge in [-0.05, 0) is 191 Å². The zero-order valence-electron chi connectivity index (χ0n) is 80.5. The minimum atomic E-state index is 0.574. The van der Waals surface area contributed by atoms with Crippen LogP contribution in [0.5, 0.6) is 0 Å². The fourth-order valence-electron chi connectivity index (χ4n) is 21.0. The summed E-state index contributed by atoms with van der Waals surface area (Å²) in [5.41, 5.74) is 29.3. The number of hydrogen-bond donors (Lipinski definition) is 0. The van der Waals surface area contributed by atoms with Crippen molar-refractivity contribution < 1.29 is 13.3 Å². The summed E-state index contributed by atoms with van der Waals surface area (Å²) in [6.45, 7) is 0. The Morgan fingerprint density at radius 1 is 0.133 bits per heavy atom. The maximum Gasteiger partial charge on any atom is 0.165 e. The number of pyridine rings is 1. The van der Waals surface area contributed by atoms with E-state index >= 15 is 0 Å². The van der Waals surface area contributed by atoms with Crippen molar-refractivity contribution in [3.63, 3.8) is 0 Å². The Morgan fingerprint density at radius 3 is 0.713 bits per heavy atom. The number of furan rings is 3. The van der Waals surface area contributed by atoms with Gasteiger partial charge in [-0.2, -0.15) is 0 Å². The lowest BCUT2D eigenvalue weighted by molar-refractivity contribution is 0.668. The molecule has 10 aromatic heterocycles. The highest BCUT2D eigenvalue weighted by atomic mass is 16.3. The molecule has 0 atom stereocenters. The Bertz CT molecular complexity index is 9900. The molecule has 0 fully saturated rings. The molecular weight excluding hydrogens is 1840 g/mol. The first-order valence-electron chi connectivity index (χ1n) is 49.9. The third kappa shape index (κ3) is 15.9. The zero-order chi connectivity index (χ0) is 99.1. The van der Waals surface area contributed by atoms with E-state index in [1.165, 1.54) is 21.5 Å². The molecule has 0 aliphatic rings. The molecule has 16 heteroatoms. The second-order valence-electron chi connectivity index (χ2n) is 37.3. The highest BCUT2D eigenvalue weighted by Gasteiger charge is 2.25. The van der Waals surface area contributed by atoms with E-state index in [0.29, 0.717) is 52.4 Å². The lowest BCUT2D eigenvalue weighted by Crippen LogP contribution is -2.01. The molecule has 20 aromatic carbocycles. The van der Waals surface area contributed by atoms with Crippen molar-refractivity contribution in [3.8, 4) is 153 Å². The van der Waals surface area contributed by atoms with Crippen LogP contribution in [0.1, 0.15) is 0 Å². The molecule has 0 saturated heterocycles. The fraction of sp³-hybridized carbons (Fsp3) is 0. The summed E-state index contributed by atoms with van der Waals surface area (Å²) in [7, 11) is 0. The van der Waals surface area contributed by atoms with Gasteiger partial charge in [0.25, 0.3) is 0 Å². The van der Waals surface area contributed by atoms with Gasteiger partial charge in [0.05, 0.1) is 33.1 Å². The molecule has 10 heterocycles. The average Bonchev–Trinajstić information content (AvgIpc) is 1.59. The highest BCUT2D eigenvalue weighted by molar-refractivity contribution is 6.15. The number of aromatic nitrogens is 13. The van der Waals surface area contributed by atoms with Crippen molar-refractivity contribution in [1.82, 2.24) is 63.5 Å². The van der Waals surface area contributed by atoms with Crippen LogP contribution in [-0.4, -0.2) is 63.5 Å². The maximum atomic E-state index is 6.23. The van der Waals surface area contributed by atoms with Gasteiger partial charge in [-0.15, -0.1) is 0 Å². The summed E-state index contributed by atoms with van der Waals surface area (Å²) in [4.78, 5) is 49.1. The molecule has 0 aliphatic carbocycles. The Balaban J connectivity index is 0.000000108. The van der Waals surface area contributed by atoms with Crippen LogP contribution in [0.3, 0.4) is 0 Å². The van der Waals surface area contributed by atoms with Crippen molar-refractivity contribution >= 4 is 131 Å². The van der Waals surface area contributed by atoms with Crippen LogP contribution in [-0.2, 0) is 0 Å². The second kappa shape index (κ2) is 37.0. The molecule has 150 heavy (non-hydrogen) atoms. The average molecular weight is 1920 g/mol. The molecule has 0 aliphatic heterocycles. The number of hydrogen-bond acceptors (Lipinski definition) is 13. The number of rotatable bonds is 15. The van der Waals surface area contributed by atoms with E-state index in [0.717, 1.165) is 210 Å². The number of benzene rings is 20. The van der Waals surface area contributed by atoms with Gasteiger partial charge in [-0.3, -0.25) is 4.57 Å². The molecule has 30 rings (SSSR count). The molecule has 0 N–H and O–H groups in total. The lowest BCUT2D eigenvalue weighted by atomic mass is 10.0. The SMILES string of the molecule is c1ccc(-c2nc(-c3ccccc3)nc(-c3ccc(-n4c5ccccc5c5cc(-c6ccc7c(c6)oc6ccccc67)ccc54)cc3)n2)cc1.c1ccc(-c2nc(-c3ccccc3)nc(-c3ccc(-n4c5ccccc5c5cc(-c6ccc7c(c6)oc6ccccc67)ccc54)nc3)n2)cc1.c1ccc(-c2nc(-c3ccccc3)nc(-c3cccc(-n4c5ccccc5c5cc(-c6ccc7c(c6)oc6ccccc67)ccc54)c3)n2)cc1. The quantitative estimate of drug-likeness (QED) is 0.0946. The first-order valence-corrected chi connectivity index (χ1v) is 49.9. The number of para-hydroxylation sites is 6. The Kier molecular flexibility index (Phi) is 21.5. The van der Waals surface area contributed by atoms with E-state index in [1.54, 1.807) is 0 Å². The van der Waals surface area contributed by atoms with E-state index in [9.17, 15) is 0 Å². The molecule has 0 spiro atoms. The largest absolute Gasteiger partial charge is 0.456 e. The van der Waals surface area contributed by atoms with Crippen LogP contribution in [0.15, 0.2) is 517 Å². The fourth-order valence-corrected chi connectivity index (χ4v) is 21.0. The van der Waals surface area contributed by atoms with Crippen LogP contribution in [0.4, 0.5) is 0 Å². The van der Waals surface area contributed by atoms with Crippen molar-refractivity contribution in [2.45, 2.75) is 0 Å². The van der Waals surface area contributed by atoms with Crippen molar-refractivity contribution in [1.29, 1.82) is 0 Å². The summed E-state index contributed by atoms with van der Waals surface area (Å²) in [5.74, 6) is 6.48. The predicted octanol–water partition coefficient (Wildman–Crippen LogP) is 34.0. The second-order valence-corrected chi connectivity index (χ2v) is 37.3.